The number of halogens is 1. The van der Waals surface area contributed by atoms with Crippen LogP contribution in [0.3, 0.4) is 0 Å². The Hall–Kier alpha value is -2.45. The molecule has 1 aliphatic carbocycles. The highest BCUT2D eigenvalue weighted by Gasteiger charge is 2.31. The molecule has 2 aromatic rings. The lowest BCUT2D eigenvalue weighted by Gasteiger charge is -2.36. The zero-order valence-electron chi connectivity index (χ0n) is 15.4. The predicted octanol–water partition coefficient (Wildman–Crippen LogP) is 1.28. The Labute approximate surface area is 155 Å². The van der Waals surface area contributed by atoms with E-state index in [1.54, 1.807) is 0 Å². The van der Waals surface area contributed by atoms with E-state index in [9.17, 15) is 14.7 Å². The van der Waals surface area contributed by atoms with Gasteiger partial charge in [0.2, 0.25) is 0 Å². The topological polar surface area (TPSA) is 86.1 Å². The van der Waals surface area contributed by atoms with Crippen molar-refractivity contribution < 1.29 is 14.3 Å². The molecule has 1 atom stereocenters. The number of aromatic nitrogens is 1. The quantitative estimate of drug-likeness (QED) is 0.748. The Balaban J connectivity index is 1.95. The number of aryl methyl sites for hydroxylation is 1. The van der Waals surface area contributed by atoms with Crippen molar-refractivity contribution in [1.29, 1.82) is 0 Å². The van der Waals surface area contributed by atoms with Crippen LogP contribution in [0.5, 0.6) is 0 Å². The number of carboxylic acids is 1. The lowest BCUT2D eigenvalue weighted by Crippen LogP contribution is -2.56. The van der Waals surface area contributed by atoms with Gasteiger partial charge < -0.3 is 15.3 Å². The average molecular weight is 374 g/mol. The molecule has 0 radical (unpaired) electrons. The van der Waals surface area contributed by atoms with E-state index in [4.69, 9.17) is 0 Å². The van der Waals surface area contributed by atoms with Crippen molar-refractivity contribution in [2.75, 3.05) is 31.6 Å². The van der Waals surface area contributed by atoms with Crippen LogP contribution in [0.1, 0.15) is 40.2 Å². The Bertz CT molecular complexity index is 983. The van der Waals surface area contributed by atoms with Crippen LogP contribution in [0.15, 0.2) is 17.1 Å². The van der Waals surface area contributed by atoms with E-state index in [1.165, 1.54) is 10.5 Å². The van der Waals surface area contributed by atoms with Gasteiger partial charge in [-0.05, 0) is 49.9 Å². The maximum atomic E-state index is 15.1. The number of nitrogens with zero attached hydrogens (tertiary/aromatic N) is 2. The van der Waals surface area contributed by atoms with E-state index in [0.717, 1.165) is 31.1 Å². The Morgan fingerprint density at radius 2 is 2.15 bits per heavy atom. The van der Waals surface area contributed by atoms with Gasteiger partial charge in [-0.3, -0.25) is 14.5 Å². The monoisotopic (exact) mass is 374 g/mol. The van der Waals surface area contributed by atoms with E-state index < -0.39 is 17.3 Å². The van der Waals surface area contributed by atoms with E-state index >= 15 is 4.39 Å². The molecule has 0 amide bonds. The molecule has 8 heteroatoms. The van der Waals surface area contributed by atoms with Gasteiger partial charge in [0.25, 0.3) is 5.56 Å². The molecule has 7 nitrogen and oxygen atoms in total. The average Bonchev–Trinajstić information content (AvgIpc) is 3.47. The van der Waals surface area contributed by atoms with Crippen LogP contribution in [0, 0.1) is 12.7 Å². The molecule has 2 aromatic heterocycles. The number of pyridine rings is 2. The van der Waals surface area contributed by atoms with Crippen LogP contribution < -0.4 is 21.1 Å². The first-order valence-corrected chi connectivity index (χ1v) is 9.19. The molecule has 1 saturated carbocycles. The molecule has 144 valence electrons. The van der Waals surface area contributed by atoms with Gasteiger partial charge in [-0.1, -0.05) is 0 Å². The number of aromatic carboxylic acids is 1. The largest absolute Gasteiger partial charge is 0.477 e. The molecule has 27 heavy (non-hydrogen) atoms. The number of carboxylic acid groups (broad SMARTS) is 1. The fourth-order valence-corrected chi connectivity index (χ4v) is 4.04. The number of anilines is 1. The molecule has 3 N–H and O–H groups in total. The van der Waals surface area contributed by atoms with Crippen LogP contribution in [-0.4, -0.2) is 48.3 Å². The molecule has 3 heterocycles. The minimum Gasteiger partial charge on any atom is -0.477 e. The third-order valence-corrected chi connectivity index (χ3v) is 5.53. The van der Waals surface area contributed by atoms with Gasteiger partial charge in [0.15, 0.2) is 5.82 Å². The zero-order chi connectivity index (χ0) is 19.3. The van der Waals surface area contributed by atoms with Crippen molar-refractivity contribution in [3.8, 4) is 0 Å². The third kappa shape index (κ3) is 2.98. The molecule has 1 unspecified atom stereocenters. The van der Waals surface area contributed by atoms with Gasteiger partial charge in [-0.15, -0.1) is 0 Å². The first kappa shape index (κ1) is 17.9. The van der Waals surface area contributed by atoms with Crippen molar-refractivity contribution in [3.63, 3.8) is 0 Å². The summed E-state index contributed by atoms with van der Waals surface area (Å²) in [6.45, 7) is 3.79. The van der Waals surface area contributed by atoms with Crippen LogP contribution in [0.2, 0.25) is 0 Å². The molecular formula is C19H23FN4O3. The smallest absolute Gasteiger partial charge is 0.341 e. The lowest BCUT2D eigenvalue weighted by atomic mass is 10.0. The standard InChI is InChI=1S/C19H23FN4O3/c1-10-16-12(11-3-4-11)7-13(19(26)27)18(25)24(16)8-14(20)17(10)23-6-5-22-15(9-23)21-2/h7-8,11,15,21-22H,3-6,9H2,1-2H3,(H,26,27). The molecule has 4 rings (SSSR count). The van der Waals surface area contributed by atoms with Gasteiger partial charge in [0.1, 0.15) is 5.56 Å². The van der Waals surface area contributed by atoms with Crippen molar-refractivity contribution >= 4 is 17.2 Å². The maximum Gasteiger partial charge on any atom is 0.341 e. The summed E-state index contributed by atoms with van der Waals surface area (Å²) in [5.41, 5.74) is 1.64. The fraction of sp³-hybridized carbons (Fsp3) is 0.474. The number of likely N-dealkylation sites (N-methyl/N-ethyl adjacent to an activating group) is 1. The van der Waals surface area contributed by atoms with Gasteiger partial charge in [-0.25, -0.2) is 9.18 Å². The second kappa shape index (κ2) is 6.61. The zero-order valence-corrected chi connectivity index (χ0v) is 15.4. The third-order valence-electron chi connectivity index (χ3n) is 5.53. The first-order chi connectivity index (χ1) is 12.9. The van der Waals surface area contributed by atoms with Gasteiger partial charge in [0, 0.05) is 19.6 Å². The van der Waals surface area contributed by atoms with Crippen molar-refractivity contribution in [2.24, 2.45) is 0 Å². The summed E-state index contributed by atoms with van der Waals surface area (Å²) in [6, 6.07) is 1.49. The molecule has 0 aromatic carbocycles. The summed E-state index contributed by atoms with van der Waals surface area (Å²) in [7, 11) is 1.85. The summed E-state index contributed by atoms with van der Waals surface area (Å²) in [5, 5.41) is 15.8. The molecule has 1 saturated heterocycles. The maximum absolute atomic E-state index is 15.1. The molecular weight excluding hydrogens is 351 g/mol. The summed E-state index contributed by atoms with van der Waals surface area (Å²) < 4.78 is 16.3. The number of nitrogens with one attached hydrogen (secondary N) is 2. The molecule has 1 aliphatic heterocycles. The second-order valence-electron chi connectivity index (χ2n) is 7.31. The summed E-state index contributed by atoms with van der Waals surface area (Å²) in [4.78, 5) is 26.1. The predicted molar refractivity (Wildman–Crippen MR) is 100 cm³/mol. The Kier molecular flexibility index (Phi) is 4.39. The van der Waals surface area contributed by atoms with E-state index in [1.807, 2.05) is 18.9 Å². The molecule has 2 fully saturated rings. The molecule has 0 spiro atoms. The van der Waals surface area contributed by atoms with Gasteiger partial charge in [0.05, 0.1) is 23.6 Å². The summed E-state index contributed by atoms with van der Waals surface area (Å²) in [6.07, 6.45) is 3.10. The number of hydrogen-bond donors (Lipinski definition) is 3. The number of rotatable bonds is 4. The van der Waals surface area contributed by atoms with Crippen molar-refractivity contribution in [3.05, 3.63) is 45.1 Å². The van der Waals surface area contributed by atoms with Crippen LogP contribution in [0.4, 0.5) is 10.1 Å². The fourth-order valence-electron chi connectivity index (χ4n) is 4.04. The number of piperazine rings is 1. The lowest BCUT2D eigenvalue weighted by molar-refractivity contribution is 0.0694. The van der Waals surface area contributed by atoms with Crippen LogP contribution in [-0.2, 0) is 0 Å². The Morgan fingerprint density at radius 1 is 1.41 bits per heavy atom. The van der Waals surface area contributed by atoms with Gasteiger partial charge in [-0.2, -0.15) is 0 Å². The van der Waals surface area contributed by atoms with Crippen molar-refractivity contribution in [2.45, 2.75) is 31.8 Å². The highest BCUT2D eigenvalue weighted by molar-refractivity contribution is 5.89. The first-order valence-electron chi connectivity index (χ1n) is 9.19. The highest BCUT2D eigenvalue weighted by atomic mass is 19.1. The summed E-state index contributed by atoms with van der Waals surface area (Å²) >= 11 is 0. The molecule has 0 bridgehead atoms. The van der Waals surface area contributed by atoms with Gasteiger partial charge >= 0.3 is 5.97 Å². The van der Waals surface area contributed by atoms with Crippen molar-refractivity contribution in [1.82, 2.24) is 15.0 Å². The van der Waals surface area contributed by atoms with E-state index in [2.05, 4.69) is 10.6 Å². The number of fused-ring (bicyclic) bond motifs is 1. The molecule has 2 aliphatic rings. The van der Waals surface area contributed by atoms with E-state index in [-0.39, 0.29) is 17.6 Å². The minimum absolute atomic E-state index is 0.0493. The van der Waals surface area contributed by atoms with Crippen LogP contribution in [0.25, 0.3) is 5.52 Å². The van der Waals surface area contributed by atoms with Crippen LogP contribution >= 0.6 is 0 Å². The number of hydrogen-bond acceptors (Lipinski definition) is 5. The Morgan fingerprint density at radius 3 is 2.78 bits per heavy atom. The highest BCUT2D eigenvalue weighted by Crippen LogP contribution is 2.43. The van der Waals surface area contributed by atoms with E-state index in [0.29, 0.717) is 29.9 Å². The number of carbonyl (C=O) groups is 1. The normalized spacial score (nSPS) is 20.3. The SMILES string of the molecule is CNC1CN(c2c(F)cn3c(=O)c(C(=O)O)cc(C4CC4)c3c2C)CCN1. The minimum atomic E-state index is -1.28. The second-order valence-corrected chi connectivity index (χ2v) is 7.31. The summed E-state index contributed by atoms with van der Waals surface area (Å²) in [5.74, 6) is -1.57.